The summed E-state index contributed by atoms with van der Waals surface area (Å²) in [5.74, 6) is 0. The van der Waals surface area contributed by atoms with Gasteiger partial charge < -0.3 is 5.73 Å². The summed E-state index contributed by atoms with van der Waals surface area (Å²) in [6.07, 6.45) is 2.65. The van der Waals surface area contributed by atoms with Gasteiger partial charge in [-0.1, -0.05) is 23.7 Å². The van der Waals surface area contributed by atoms with Crippen LogP contribution < -0.4 is 5.73 Å². The normalized spacial score (nSPS) is 12.7. The van der Waals surface area contributed by atoms with E-state index < -0.39 is 0 Å². The van der Waals surface area contributed by atoms with E-state index in [2.05, 4.69) is 32.9 Å². The van der Waals surface area contributed by atoms with Crippen LogP contribution in [-0.2, 0) is 0 Å². The topological polar surface area (TPSA) is 56.7 Å². The zero-order valence-electron chi connectivity index (χ0n) is 9.27. The molecule has 0 amide bonds. The van der Waals surface area contributed by atoms with Gasteiger partial charge >= 0.3 is 0 Å². The lowest BCUT2D eigenvalue weighted by Gasteiger charge is -2.04. The molecule has 0 aliphatic rings. The molecule has 0 aliphatic heterocycles. The standard InChI is InChI=1S/C11H12ClIN4/c1-2-9(14)10-6-17(16-15-10)11-4-3-7(13)5-8(11)12/h3-6,9H,2,14H2,1H3. The summed E-state index contributed by atoms with van der Waals surface area (Å²) in [7, 11) is 0. The monoisotopic (exact) mass is 362 g/mol. The van der Waals surface area contributed by atoms with Gasteiger partial charge in [0.2, 0.25) is 0 Å². The number of nitrogens with two attached hydrogens (primary N) is 1. The molecule has 0 spiro atoms. The Balaban J connectivity index is 2.37. The smallest absolute Gasteiger partial charge is 0.0998 e. The second kappa shape index (κ2) is 5.32. The van der Waals surface area contributed by atoms with Crippen molar-refractivity contribution in [3.63, 3.8) is 0 Å². The lowest BCUT2D eigenvalue weighted by Crippen LogP contribution is -2.08. The van der Waals surface area contributed by atoms with E-state index in [1.165, 1.54) is 0 Å². The van der Waals surface area contributed by atoms with Crippen LogP contribution in [0.25, 0.3) is 5.69 Å². The molecule has 1 aromatic heterocycles. The predicted molar refractivity (Wildman–Crippen MR) is 76.3 cm³/mol. The van der Waals surface area contributed by atoms with Crippen LogP contribution in [-0.4, -0.2) is 15.0 Å². The number of rotatable bonds is 3. The van der Waals surface area contributed by atoms with Gasteiger partial charge in [-0.25, -0.2) is 4.68 Å². The van der Waals surface area contributed by atoms with Crippen LogP contribution in [0.15, 0.2) is 24.4 Å². The van der Waals surface area contributed by atoms with E-state index in [-0.39, 0.29) is 6.04 Å². The minimum absolute atomic E-state index is 0.0774. The summed E-state index contributed by atoms with van der Waals surface area (Å²) in [6, 6.07) is 5.70. The number of nitrogens with zero attached hydrogens (tertiary/aromatic N) is 3. The third kappa shape index (κ3) is 2.78. The largest absolute Gasteiger partial charge is 0.323 e. The van der Waals surface area contributed by atoms with Gasteiger partial charge in [0.15, 0.2) is 0 Å². The molecule has 17 heavy (non-hydrogen) atoms. The first-order valence-corrected chi connectivity index (χ1v) is 6.70. The fraction of sp³-hybridized carbons (Fsp3) is 0.273. The Morgan fingerprint density at radius 3 is 2.94 bits per heavy atom. The van der Waals surface area contributed by atoms with E-state index >= 15 is 0 Å². The van der Waals surface area contributed by atoms with Crippen molar-refractivity contribution in [3.05, 3.63) is 38.7 Å². The number of hydrogen-bond donors (Lipinski definition) is 1. The first kappa shape index (κ1) is 12.8. The predicted octanol–water partition coefficient (Wildman–Crippen LogP) is 2.94. The van der Waals surface area contributed by atoms with Crippen molar-refractivity contribution in [1.29, 1.82) is 0 Å². The lowest BCUT2D eigenvalue weighted by molar-refractivity contribution is 0.670. The Morgan fingerprint density at radius 1 is 1.53 bits per heavy atom. The molecule has 1 atom stereocenters. The molecule has 0 saturated carbocycles. The maximum atomic E-state index is 6.16. The maximum Gasteiger partial charge on any atom is 0.0998 e. The van der Waals surface area contributed by atoms with Crippen molar-refractivity contribution in [1.82, 2.24) is 15.0 Å². The Kier molecular flexibility index (Phi) is 4.01. The molecular weight excluding hydrogens is 351 g/mol. The van der Waals surface area contributed by atoms with Crippen molar-refractivity contribution in [2.75, 3.05) is 0 Å². The van der Waals surface area contributed by atoms with Crippen LogP contribution in [0.1, 0.15) is 25.1 Å². The highest BCUT2D eigenvalue weighted by Crippen LogP contribution is 2.23. The number of aromatic nitrogens is 3. The number of halogens is 2. The highest BCUT2D eigenvalue weighted by atomic mass is 127. The molecule has 1 unspecified atom stereocenters. The Hall–Kier alpha value is -0.660. The average molecular weight is 363 g/mol. The Bertz CT molecular complexity index is 526. The van der Waals surface area contributed by atoms with Crippen molar-refractivity contribution >= 4 is 34.2 Å². The van der Waals surface area contributed by atoms with Gasteiger partial charge in [0.1, 0.15) is 0 Å². The van der Waals surface area contributed by atoms with Crippen molar-refractivity contribution < 1.29 is 0 Å². The van der Waals surface area contributed by atoms with Gasteiger partial charge in [-0.3, -0.25) is 0 Å². The van der Waals surface area contributed by atoms with E-state index in [4.69, 9.17) is 17.3 Å². The van der Waals surface area contributed by atoms with Gasteiger partial charge in [0, 0.05) is 3.57 Å². The van der Waals surface area contributed by atoms with Gasteiger partial charge in [0.25, 0.3) is 0 Å². The summed E-state index contributed by atoms with van der Waals surface area (Å²) in [5.41, 5.74) is 7.49. The molecule has 1 aromatic carbocycles. The molecule has 2 rings (SSSR count). The average Bonchev–Trinajstić information content (AvgIpc) is 2.77. The highest BCUT2D eigenvalue weighted by Gasteiger charge is 2.11. The molecular formula is C11H12ClIN4. The van der Waals surface area contributed by atoms with Gasteiger partial charge in [-0.15, -0.1) is 5.10 Å². The van der Waals surface area contributed by atoms with E-state index in [1.54, 1.807) is 4.68 Å². The minimum Gasteiger partial charge on any atom is -0.323 e. The van der Waals surface area contributed by atoms with E-state index in [1.807, 2.05) is 31.3 Å². The second-order valence-electron chi connectivity index (χ2n) is 3.70. The number of benzene rings is 1. The van der Waals surface area contributed by atoms with Crippen molar-refractivity contribution in [2.45, 2.75) is 19.4 Å². The van der Waals surface area contributed by atoms with E-state index in [0.717, 1.165) is 21.4 Å². The summed E-state index contributed by atoms with van der Waals surface area (Å²) in [6.45, 7) is 2.02. The van der Waals surface area contributed by atoms with Crippen LogP contribution in [0.2, 0.25) is 5.02 Å². The Morgan fingerprint density at radius 2 is 2.29 bits per heavy atom. The molecule has 6 heteroatoms. The van der Waals surface area contributed by atoms with Crippen LogP contribution in [0.5, 0.6) is 0 Å². The Labute approximate surface area is 118 Å². The fourth-order valence-corrected chi connectivity index (χ4v) is 2.38. The van der Waals surface area contributed by atoms with Crippen LogP contribution in [0.4, 0.5) is 0 Å². The second-order valence-corrected chi connectivity index (χ2v) is 5.35. The highest BCUT2D eigenvalue weighted by molar-refractivity contribution is 14.1. The molecule has 2 aromatic rings. The third-order valence-electron chi connectivity index (χ3n) is 2.49. The summed E-state index contributed by atoms with van der Waals surface area (Å²) in [5, 5.41) is 8.75. The molecule has 4 nitrogen and oxygen atoms in total. The summed E-state index contributed by atoms with van der Waals surface area (Å²) < 4.78 is 2.74. The molecule has 90 valence electrons. The van der Waals surface area contributed by atoms with Gasteiger partial charge in [-0.2, -0.15) is 0 Å². The number of hydrogen-bond acceptors (Lipinski definition) is 3. The maximum absolute atomic E-state index is 6.16. The SMILES string of the molecule is CCC(N)c1cn(-c2ccc(I)cc2Cl)nn1. The molecule has 0 fully saturated rings. The zero-order valence-corrected chi connectivity index (χ0v) is 12.2. The van der Waals surface area contributed by atoms with Gasteiger partial charge in [-0.05, 0) is 47.2 Å². The third-order valence-corrected chi connectivity index (χ3v) is 3.46. The van der Waals surface area contributed by atoms with Crippen LogP contribution >= 0.6 is 34.2 Å². The van der Waals surface area contributed by atoms with Crippen LogP contribution in [0.3, 0.4) is 0 Å². The quantitative estimate of drug-likeness (QED) is 0.854. The molecule has 0 bridgehead atoms. The molecule has 0 radical (unpaired) electrons. The van der Waals surface area contributed by atoms with E-state index in [9.17, 15) is 0 Å². The minimum atomic E-state index is -0.0774. The summed E-state index contributed by atoms with van der Waals surface area (Å²) in [4.78, 5) is 0. The fourth-order valence-electron chi connectivity index (χ4n) is 1.44. The van der Waals surface area contributed by atoms with Crippen LogP contribution in [0, 0.1) is 3.57 Å². The first-order chi connectivity index (χ1) is 8.11. The molecule has 0 aliphatic carbocycles. The van der Waals surface area contributed by atoms with Crippen molar-refractivity contribution in [3.8, 4) is 5.69 Å². The zero-order chi connectivity index (χ0) is 12.4. The van der Waals surface area contributed by atoms with Crippen molar-refractivity contribution in [2.24, 2.45) is 5.73 Å². The first-order valence-electron chi connectivity index (χ1n) is 5.25. The van der Waals surface area contributed by atoms with E-state index in [0.29, 0.717) is 5.02 Å². The molecule has 1 heterocycles. The summed E-state index contributed by atoms with van der Waals surface area (Å²) >= 11 is 8.38. The molecule has 0 saturated heterocycles. The van der Waals surface area contributed by atoms with Gasteiger partial charge in [0.05, 0.1) is 28.6 Å². The lowest BCUT2D eigenvalue weighted by atomic mass is 10.2. The molecule has 2 N–H and O–H groups in total.